The second-order valence-corrected chi connectivity index (χ2v) is 3.03. The molecule has 0 aromatic rings. The molecule has 0 saturated carbocycles. The van der Waals surface area contributed by atoms with Crippen molar-refractivity contribution >= 4 is 27.9 Å². The summed E-state index contributed by atoms with van der Waals surface area (Å²) in [7, 11) is 11.3. The van der Waals surface area contributed by atoms with Gasteiger partial charge in [0.2, 0.25) is 0 Å². The van der Waals surface area contributed by atoms with E-state index in [1.165, 1.54) is 19.4 Å². The molecule has 0 unspecified atom stereocenters. The highest BCUT2D eigenvalue weighted by molar-refractivity contribution is 6.38. The number of carbonyl (C=O) groups excluding carboxylic acids is 1. The zero-order valence-electron chi connectivity index (χ0n) is 9.18. The first-order chi connectivity index (χ1) is 7.30. The van der Waals surface area contributed by atoms with Crippen molar-refractivity contribution in [3.8, 4) is 0 Å². The third-order valence-corrected chi connectivity index (χ3v) is 1.50. The Hall–Kier alpha value is -1.49. The Kier molecular flexibility index (Phi) is 5.60. The highest BCUT2D eigenvalue weighted by Gasteiger charge is 2.07. The fourth-order valence-corrected chi connectivity index (χ4v) is 0.776. The maximum Gasteiger partial charge on any atom is 0.333 e. The highest BCUT2D eigenvalue weighted by atomic mass is 16.5. The third-order valence-electron chi connectivity index (χ3n) is 1.50. The zero-order chi connectivity index (χ0) is 12.8. The minimum Gasteiger partial charge on any atom is -0.466 e. The first-order valence-corrected chi connectivity index (χ1v) is 4.34. The molecule has 82 valence electrons. The van der Waals surface area contributed by atoms with Crippen LogP contribution in [0.3, 0.4) is 0 Å². The van der Waals surface area contributed by atoms with Gasteiger partial charge < -0.3 is 15.6 Å². The molecule has 0 fully saturated rings. The van der Waals surface area contributed by atoms with E-state index < -0.39 is 11.5 Å². The van der Waals surface area contributed by atoms with Crippen molar-refractivity contribution in [1.82, 2.24) is 0 Å². The number of rotatable bonds is 4. The molecular weight excluding hydrogens is 206 g/mol. The quantitative estimate of drug-likeness (QED) is 0.207. The molecule has 3 N–H and O–H groups in total. The average molecular weight is 218 g/mol. The molecule has 0 heterocycles. The second kappa shape index (κ2) is 6.17. The van der Waals surface area contributed by atoms with Gasteiger partial charge in [0.25, 0.3) is 0 Å². The van der Waals surface area contributed by atoms with Gasteiger partial charge in [0, 0.05) is 23.6 Å². The van der Waals surface area contributed by atoms with E-state index in [1.807, 2.05) is 0 Å². The predicted molar refractivity (Wildman–Crippen MR) is 63.0 cm³/mol. The van der Waals surface area contributed by atoms with Crippen LogP contribution in [0.15, 0.2) is 28.4 Å². The average Bonchev–Trinajstić information content (AvgIpc) is 2.21. The summed E-state index contributed by atoms with van der Waals surface area (Å²) < 4.78 is 4.48. The third kappa shape index (κ3) is 6.08. The number of aliphatic imine (C=N–C) groups is 1. The number of allylic oxidation sites excluding steroid dienone is 2. The van der Waals surface area contributed by atoms with Crippen LogP contribution >= 0.6 is 0 Å². The number of ether oxygens (including phenoxy) is 1. The van der Waals surface area contributed by atoms with Gasteiger partial charge in [-0.3, -0.25) is 4.99 Å². The molecule has 0 amide bonds. The summed E-state index contributed by atoms with van der Waals surface area (Å²) in [5.41, 5.74) is 3.79. The van der Waals surface area contributed by atoms with Crippen LogP contribution < -0.4 is 5.73 Å². The maximum absolute atomic E-state index is 11.1. The first-order valence-electron chi connectivity index (χ1n) is 4.34. The number of nitrogens with zero attached hydrogens (tertiary/aromatic N) is 1. The topological polar surface area (TPSA) is 84.9 Å². The number of nitrogens with two attached hydrogens (primary N) is 1. The minimum absolute atomic E-state index is 0.322. The second-order valence-electron chi connectivity index (χ2n) is 3.03. The molecule has 16 heavy (non-hydrogen) atoms. The van der Waals surface area contributed by atoms with Crippen LogP contribution in [-0.4, -0.2) is 45.6 Å². The van der Waals surface area contributed by atoms with Gasteiger partial charge >= 0.3 is 5.97 Å². The Bertz CT molecular complexity index is 343. The van der Waals surface area contributed by atoms with Crippen LogP contribution in [0.5, 0.6) is 0 Å². The predicted octanol–water partition coefficient (Wildman–Crippen LogP) is -1.04. The number of esters is 1. The van der Waals surface area contributed by atoms with Crippen LogP contribution in [0.4, 0.5) is 0 Å². The molecule has 4 radical (unpaired) electrons. The summed E-state index contributed by atoms with van der Waals surface area (Å²) in [6.07, 6.45) is 3.75. The number of hydrogen-bond acceptors (Lipinski definition) is 5. The standard InChI is InChI=1S/C9H12B2N2O3/c1-6(8(14)16-2)3-7(4-12)5-13-9(10,11)15/h3-5,15H,12H2,1-2H3/b6-3+,7-4-,13-5+. The molecule has 0 atom stereocenters. The summed E-state index contributed by atoms with van der Waals surface area (Å²) in [6, 6.07) is 0. The van der Waals surface area contributed by atoms with E-state index in [-0.39, 0.29) is 0 Å². The van der Waals surface area contributed by atoms with Crippen LogP contribution in [0.1, 0.15) is 6.92 Å². The molecule has 7 heteroatoms. The van der Waals surface area contributed by atoms with E-state index in [1.54, 1.807) is 6.92 Å². The minimum atomic E-state index is -2.17. The van der Waals surface area contributed by atoms with E-state index in [0.717, 1.165) is 6.21 Å². The molecule has 0 aromatic carbocycles. The lowest BCUT2D eigenvalue weighted by atomic mass is 9.74. The summed E-state index contributed by atoms with van der Waals surface area (Å²) in [6.45, 7) is 1.54. The van der Waals surface area contributed by atoms with Crippen LogP contribution in [0.25, 0.3) is 0 Å². The van der Waals surface area contributed by atoms with Crippen molar-refractivity contribution < 1.29 is 14.6 Å². The summed E-state index contributed by atoms with van der Waals surface area (Å²) in [5, 5.41) is 8.93. The van der Waals surface area contributed by atoms with Crippen molar-refractivity contribution in [2.45, 2.75) is 12.4 Å². The van der Waals surface area contributed by atoms with Gasteiger partial charge in [-0.05, 0) is 13.0 Å². The van der Waals surface area contributed by atoms with Gasteiger partial charge in [0.05, 0.1) is 12.6 Å². The molecule has 0 aliphatic heterocycles. The summed E-state index contributed by atoms with van der Waals surface area (Å²) in [4.78, 5) is 14.5. The highest BCUT2D eigenvalue weighted by Crippen LogP contribution is 2.02. The fourth-order valence-electron chi connectivity index (χ4n) is 0.776. The number of carbonyl (C=O) groups is 1. The van der Waals surface area contributed by atoms with Gasteiger partial charge in [-0.15, -0.1) is 0 Å². The summed E-state index contributed by atoms with van der Waals surface area (Å²) in [5.74, 6) is -0.497. The lowest BCUT2D eigenvalue weighted by molar-refractivity contribution is -0.136. The molecule has 5 nitrogen and oxygen atoms in total. The largest absolute Gasteiger partial charge is 0.466 e. The number of methoxy groups -OCH3 is 1. The normalized spacial score (nSPS) is 14.2. The van der Waals surface area contributed by atoms with Gasteiger partial charge in [-0.1, -0.05) is 0 Å². The Morgan fingerprint density at radius 3 is 2.50 bits per heavy atom. The van der Waals surface area contributed by atoms with Gasteiger partial charge in [0.15, 0.2) is 0 Å². The molecular formula is C9H12B2N2O3. The lowest BCUT2D eigenvalue weighted by Crippen LogP contribution is -2.26. The van der Waals surface area contributed by atoms with Crippen LogP contribution in [0, 0.1) is 0 Å². The Morgan fingerprint density at radius 2 is 2.12 bits per heavy atom. The van der Waals surface area contributed by atoms with E-state index >= 15 is 0 Å². The molecule has 0 spiro atoms. The number of hydrogen-bond donors (Lipinski definition) is 2. The van der Waals surface area contributed by atoms with E-state index in [2.05, 4.69) is 9.73 Å². The molecule has 0 bridgehead atoms. The van der Waals surface area contributed by atoms with Crippen molar-refractivity contribution in [1.29, 1.82) is 0 Å². The van der Waals surface area contributed by atoms with E-state index in [9.17, 15) is 4.79 Å². The van der Waals surface area contributed by atoms with Crippen molar-refractivity contribution in [2.24, 2.45) is 10.7 Å². The first kappa shape index (κ1) is 14.5. The van der Waals surface area contributed by atoms with Gasteiger partial charge in [-0.25, -0.2) is 4.79 Å². The van der Waals surface area contributed by atoms with Crippen molar-refractivity contribution in [2.75, 3.05) is 7.11 Å². The van der Waals surface area contributed by atoms with Gasteiger partial charge in [0.1, 0.15) is 15.7 Å². The molecule has 0 aliphatic carbocycles. The molecule has 0 rings (SSSR count). The lowest BCUT2D eigenvalue weighted by Gasteiger charge is -2.11. The molecule has 0 aromatic heterocycles. The van der Waals surface area contributed by atoms with Gasteiger partial charge in [-0.2, -0.15) is 0 Å². The number of aliphatic hydroxyl groups is 1. The monoisotopic (exact) mass is 218 g/mol. The zero-order valence-corrected chi connectivity index (χ0v) is 9.18. The summed E-state index contributed by atoms with van der Waals surface area (Å²) >= 11 is 0. The van der Waals surface area contributed by atoms with Crippen molar-refractivity contribution in [3.05, 3.63) is 23.4 Å². The molecule has 0 saturated heterocycles. The van der Waals surface area contributed by atoms with Crippen LogP contribution in [-0.2, 0) is 9.53 Å². The Labute approximate surface area is 96.9 Å². The molecule has 0 aliphatic rings. The van der Waals surface area contributed by atoms with E-state index in [0.29, 0.717) is 11.1 Å². The van der Waals surface area contributed by atoms with Crippen molar-refractivity contribution in [3.63, 3.8) is 0 Å². The van der Waals surface area contributed by atoms with Crippen LogP contribution in [0.2, 0.25) is 0 Å². The van der Waals surface area contributed by atoms with E-state index in [4.69, 9.17) is 26.5 Å². The maximum atomic E-state index is 11.1. The Morgan fingerprint density at radius 1 is 1.56 bits per heavy atom. The fraction of sp³-hybridized carbons (Fsp3) is 0.333. The SMILES string of the molecule is [B]C([B])(O)/N=C/C(=C\N)/C=C(\C)C(=O)OC. The Balaban J connectivity index is 4.81. The smallest absolute Gasteiger partial charge is 0.333 e.